The molecule has 4 rings (SSSR count). The maximum atomic E-state index is 12.6. The van der Waals surface area contributed by atoms with E-state index in [1.807, 2.05) is 42.7 Å². The fourth-order valence-corrected chi connectivity index (χ4v) is 4.75. The van der Waals surface area contributed by atoms with Gasteiger partial charge in [-0.1, -0.05) is 0 Å². The molecule has 1 amide bonds. The van der Waals surface area contributed by atoms with Gasteiger partial charge < -0.3 is 14.4 Å². The molecule has 32 heavy (non-hydrogen) atoms. The number of piperidine rings is 1. The van der Waals surface area contributed by atoms with E-state index in [1.165, 1.54) is 11.3 Å². The Labute approximate surface area is 192 Å². The minimum Gasteiger partial charge on any atom is -0.366 e. The molecule has 0 bridgehead atoms. The zero-order valence-corrected chi connectivity index (χ0v) is 19.6. The number of aromatic nitrogens is 1. The Hall–Kier alpha value is -3.20. The number of amides is 1. The van der Waals surface area contributed by atoms with Gasteiger partial charge in [0.15, 0.2) is 5.11 Å². The Morgan fingerprint density at radius 1 is 1.06 bits per heavy atom. The second-order valence-corrected chi connectivity index (χ2v) is 8.74. The number of likely N-dealkylation sites (N-methyl/N-ethyl adjacent to an activating group) is 2. The van der Waals surface area contributed by atoms with E-state index in [0.29, 0.717) is 16.5 Å². The first-order chi connectivity index (χ1) is 15.2. The zero-order chi connectivity index (χ0) is 23.2. The van der Waals surface area contributed by atoms with Crippen LogP contribution in [0.25, 0.3) is 11.8 Å². The van der Waals surface area contributed by atoms with Crippen molar-refractivity contribution >= 4 is 40.7 Å². The van der Waals surface area contributed by atoms with Gasteiger partial charge in [-0.15, -0.1) is 0 Å². The standard InChI is InChI=1S/C23H27N5O3S/c1-15-12-17(13-21-22(29)25(4)23(32)24(21)3)16(2)27(15)18-8-9-19(20(14-18)28(30)31)26-10-6-5-7-11-26/h8-9,12-14H,5-7,10-11H2,1-4H3/b21-13-. The smallest absolute Gasteiger partial charge is 0.294 e. The lowest BCUT2D eigenvalue weighted by Gasteiger charge is -2.28. The second kappa shape index (κ2) is 8.38. The SMILES string of the molecule is Cc1cc(/C=C2/C(=O)N(C)C(=S)N2C)c(C)n1-c1ccc(N2CCCCC2)c([N+](=O)[O-])c1. The molecule has 0 unspecified atom stereocenters. The van der Waals surface area contributed by atoms with Crippen LogP contribution < -0.4 is 4.90 Å². The molecule has 2 saturated heterocycles. The molecule has 8 nitrogen and oxygen atoms in total. The number of carbonyl (C=O) groups is 1. The molecular weight excluding hydrogens is 426 g/mol. The largest absolute Gasteiger partial charge is 0.366 e. The highest BCUT2D eigenvalue weighted by molar-refractivity contribution is 7.80. The minimum absolute atomic E-state index is 0.120. The highest BCUT2D eigenvalue weighted by Crippen LogP contribution is 2.34. The predicted molar refractivity (Wildman–Crippen MR) is 129 cm³/mol. The van der Waals surface area contributed by atoms with Crippen molar-refractivity contribution in [3.05, 3.63) is 57.0 Å². The van der Waals surface area contributed by atoms with Crippen LogP contribution in [0, 0.1) is 24.0 Å². The summed E-state index contributed by atoms with van der Waals surface area (Å²) in [6.45, 7) is 5.59. The second-order valence-electron chi connectivity index (χ2n) is 8.38. The lowest BCUT2D eigenvalue weighted by molar-refractivity contribution is -0.384. The molecule has 1 aromatic carbocycles. The molecule has 0 spiro atoms. The fourth-order valence-electron chi connectivity index (χ4n) is 4.57. The van der Waals surface area contributed by atoms with Gasteiger partial charge in [-0.2, -0.15) is 0 Å². The van der Waals surface area contributed by atoms with E-state index in [4.69, 9.17) is 12.2 Å². The van der Waals surface area contributed by atoms with Gasteiger partial charge in [-0.05, 0) is 75.2 Å². The third-order valence-electron chi connectivity index (χ3n) is 6.33. The zero-order valence-electron chi connectivity index (χ0n) is 18.8. The van der Waals surface area contributed by atoms with E-state index in [9.17, 15) is 14.9 Å². The van der Waals surface area contributed by atoms with Gasteiger partial charge in [0.2, 0.25) is 0 Å². The molecule has 0 N–H and O–H groups in total. The number of thiocarbonyl (C=S) groups is 1. The Bertz CT molecular complexity index is 1150. The third-order valence-corrected chi connectivity index (χ3v) is 6.88. The lowest BCUT2D eigenvalue weighted by atomic mass is 10.1. The Kier molecular flexibility index (Phi) is 5.77. The van der Waals surface area contributed by atoms with Gasteiger partial charge in [-0.25, -0.2) is 0 Å². The molecule has 2 aliphatic heterocycles. The summed E-state index contributed by atoms with van der Waals surface area (Å²) in [5.74, 6) is -0.149. The van der Waals surface area contributed by atoms with Crippen LogP contribution in [-0.4, -0.2) is 57.5 Å². The first-order valence-corrected chi connectivity index (χ1v) is 11.1. The van der Waals surface area contributed by atoms with Gasteiger partial charge >= 0.3 is 0 Å². The molecule has 0 aliphatic carbocycles. The number of anilines is 1. The maximum Gasteiger partial charge on any atom is 0.294 e. The number of nitrogens with zero attached hydrogens (tertiary/aromatic N) is 5. The van der Waals surface area contributed by atoms with Gasteiger partial charge in [-0.3, -0.25) is 19.8 Å². The molecule has 0 radical (unpaired) electrons. The first-order valence-electron chi connectivity index (χ1n) is 10.7. The first kappa shape index (κ1) is 22.0. The number of benzene rings is 1. The number of rotatable bonds is 4. The van der Waals surface area contributed by atoms with E-state index in [0.717, 1.165) is 48.6 Å². The van der Waals surface area contributed by atoms with E-state index >= 15 is 0 Å². The topological polar surface area (TPSA) is 74.9 Å². The fraction of sp³-hybridized carbons (Fsp3) is 0.391. The average molecular weight is 454 g/mol. The molecule has 2 aliphatic rings. The summed E-state index contributed by atoms with van der Waals surface area (Å²) in [6, 6.07) is 7.42. The number of nitro benzene ring substituents is 1. The van der Waals surface area contributed by atoms with Gasteiger partial charge in [0.1, 0.15) is 11.4 Å². The van der Waals surface area contributed by atoms with E-state index in [-0.39, 0.29) is 16.5 Å². The van der Waals surface area contributed by atoms with Crippen LogP contribution in [0.2, 0.25) is 0 Å². The Balaban J connectivity index is 1.75. The van der Waals surface area contributed by atoms with Crippen molar-refractivity contribution in [3.63, 3.8) is 0 Å². The number of aryl methyl sites for hydroxylation is 1. The van der Waals surface area contributed by atoms with Crippen molar-refractivity contribution in [1.82, 2.24) is 14.4 Å². The molecule has 2 fully saturated rings. The Morgan fingerprint density at radius 2 is 1.75 bits per heavy atom. The van der Waals surface area contributed by atoms with Crippen LogP contribution >= 0.6 is 12.2 Å². The predicted octanol–water partition coefficient (Wildman–Crippen LogP) is 4.02. The van der Waals surface area contributed by atoms with Crippen molar-refractivity contribution in [2.45, 2.75) is 33.1 Å². The highest BCUT2D eigenvalue weighted by Gasteiger charge is 2.33. The lowest BCUT2D eigenvalue weighted by Crippen LogP contribution is -2.30. The summed E-state index contributed by atoms with van der Waals surface area (Å²) in [4.78, 5) is 29.4. The van der Waals surface area contributed by atoms with E-state index in [2.05, 4.69) is 4.90 Å². The van der Waals surface area contributed by atoms with Crippen molar-refractivity contribution in [2.75, 3.05) is 32.1 Å². The summed E-state index contributed by atoms with van der Waals surface area (Å²) in [7, 11) is 3.44. The van der Waals surface area contributed by atoms with E-state index in [1.54, 1.807) is 25.1 Å². The quantitative estimate of drug-likeness (QED) is 0.301. The van der Waals surface area contributed by atoms with Crippen molar-refractivity contribution in [2.24, 2.45) is 0 Å². The van der Waals surface area contributed by atoms with Crippen LogP contribution in [0.5, 0.6) is 0 Å². The van der Waals surface area contributed by atoms with Gasteiger partial charge in [0.25, 0.3) is 11.6 Å². The molecule has 3 heterocycles. The summed E-state index contributed by atoms with van der Waals surface area (Å²) < 4.78 is 1.99. The van der Waals surface area contributed by atoms with Crippen LogP contribution in [0.15, 0.2) is 30.0 Å². The third kappa shape index (κ3) is 3.66. The molecular formula is C23H27N5O3S. The highest BCUT2D eigenvalue weighted by atomic mass is 32.1. The van der Waals surface area contributed by atoms with Gasteiger partial charge in [0.05, 0.1) is 10.6 Å². The summed E-state index contributed by atoms with van der Waals surface area (Å²) in [6.07, 6.45) is 5.10. The van der Waals surface area contributed by atoms with E-state index < -0.39 is 0 Å². The van der Waals surface area contributed by atoms with Crippen LogP contribution in [0.4, 0.5) is 11.4 Å². The maximum absolute atomic E-state index is 12.6. The van der Waals surface area contributed by atoms with Crippen molar-refractivity contribution in [1.29, 1.82) is 0 Å². The summed E-state index contributed by atoms with van der Waals surface area (Å²) in [5.41, 5.74) is 4.74. The molecule has 9 heteroatoms. The normalized spacial score (nSPS) is 18.2. The molecule has 0 atom stereocenters. The molecule has 0 saturated carbocycles. The summed E-state index contributed by atoms with van der Waals surface area (Å²) in [5, 5.41) is 12.3. The molecule has 1 aromatic heterocycles. The number of hydrogen-bond acceptors (Lipinski definition) is 5. The summed E-state index contributed by atoms with van der Waals surface area (Å²) >= 11 is 5.30. The number of hydrogen-bond donors (Lipinski definition) is 0. The van der Waals surface area contributed by atoms with Crippen LogP contribution in [-0.2, 0) is 4.79 Å². The van der Waals surface area contributed by atoms with Crippen LogP contribution in [0.1, 0.15) is 36.2 Å². The number of carbonyl (C=O) groups excluding carboxylic acids is 1. The minimum atomic E-state index is -0.298. The van der Waals surface area contributed by atoms with Crippen LogP contribution in [0.3, 0.4) is 0 Å². The average Bonchev–Trinajstić information content (AvgIpc) is 3.16. The van der Waals surface area contributed by atoms with Crippen molar-refractivity contribution in [3.8, 4) is 5.69 Å². The van der Waals surface area contributed by atoms with Crippen molar-refractivity contribution < 1.29 is 9.72 Å². The molecule has 2 aromatic rings. The Morgan fingerprint density at radius 3 is 2.34 bits per heavy atom. The molecule has 168 valence electrons. The monoisotopic (exact) mass is 453 g/mol. The van der Waals surface area contributed by atoms with Gasteiger partial charge in [0, 0.05) is 44.6 Å². The number of nitro groups is 1.